The molecule has 1 aliphatic carbocycles. The summed E-state index contributed by atoms with van der Waals surface area (Å²) < 4.78 is 0. The topological polar surface area (TPSA) is 3.24 Å². The molecule has 2 rings (SSSR count). The van der Waals surface area contributed by atoms with Crippen molar-refractivity contribution >= 4 is 35.6 Å². The van der Waals surface area contributed by atoms with Gasteiger partial charge in [0.05, 0.1) is 10.0 Å². The molecule has 0 amide bonds. The first-order valence-electron chi connectivity index (χ1n) is 7.24. The van der Waals surface area contributed by atoms with E-state index in [2.05, 4.69) is 37.8 Å². The maximum Gasteiger partial charge on any atom is 0.0595 e. The van der Waals surface area contributed by atoms with Gasteiger partial charge in [-0.3, -0.25) is 0 Å². The zero-order valence-electron chi connectivity index (χ0n) is 12.5. The number of hydrogen-bond acceptors (Lipinski definition) is 1. The van der Waals surface area contributed by atoms with E-state index < -0.39 is 0 Å². The van der Waals surface area contributed by atoms with Gasteiger partial charge in [0, 0.05) is 11.5 Å². The predicted octanol–water partition coefficient (Wildman–Crippen LogP) is 5.57. The Labute approximate surface area is 139 Å². The fraction of sp³-hybridized carbons (Fsp3) is 0.625. The Morgan fingerprint density at radius 2 is 1.75 bits per heavy atom. The summed E-state index contributed by atoms with van der Waals surface area (Å²) >= 11 is 12.3. The monoisotopic (exact) mass is 335 g/mol. The minimum absolute atomic E-state index is 0. The maximum atomic E-state index is 6.21. The zero-order valence-corrected chi connectivity index (χ0v) is 14.8. The van der Waals surface area contributed by atoms with Gasteiger partial charge in [-0.2, -0.15) is 0 Å². The van der Waals surface area contributed by atoms with Crippen LogP contribution >= 0.6 is 35.6 Å². The molecule has 0 radical (unpaired) electrons. The molecule has 0 saturated heterocycles. The highest BCUT2D eigenvalue weighted by Crippen LogP contribution is 2.48. The SMILES string of the molecule is CCN(CC)C(C)C1(c2ccc(Cl)c(Cl)c2)CCC1.Cl. The van der Waals surface area contributed by atoms with Crippen molar-refractivity contribution < 1.29 is 0 Å². The van der Waals surface area contributed by atoms with Gasteiger partial charge in [0.2, 0.25) is 0 Å². The molecule has 1 nitrogen and oxygen atoms in total. The summed E-state index contributed by atoms with van der Waals surface area (Å²) in [6, 6.07) is 6.72. The standard InChI is InChI=1S/C16H23Cl2N.ClH/c1-4-19(5-2)12(3)16(9-6-10-16)13-7-8-14(17)15(18)11-13;/h7-8,11-12H,4-6,9-10H2,1-3H3;1H. The molecule has 1 unspecified atom stereocenters. The maximum absolute atomic E-state index is 6.21. The van der Waals surface area contributed by atoms with Crippen molar-refractivity contribution in [2.45, 2.75) is 51.5 Å². The van der Waals surface area contributed by atoms with Crippen LogP contribution in [0.3, 0.4) is 0 Å². The molecule has 1 aromatic carbocycles. The molecule has 1 saturated carbocycles. The third-order valence-corrected chi connectivity index (χ3v) is 5.64. The Bertz CT molecular complexity index is 439. The summed E-state index contributed by atoms with van der Waals surface area (Å²) in [4.78, 5) is 2.54. The minimum atomic E-state index is 0. The summed E-state index contributed by atoms with van der Waals surface area (Å²) in [6.07, 6.45) is 3.82. The van der Waals surface area contributed by atoms with E-state index in [1.54, 1.807) is 0 Å². The number of likely N-dealkylation sites (N-methyl/N-ethyl adjacent to an activating group) is 1. The highest BCUT2D eigenvalue weighted by molar-refractivity contribution is 6.42. The van der Waals surface area contributed by atoms with Crippen molar-refractivity contribution in [1.29, 1.82) is 0 Å². The van der Waals surface area contributed by atoms with E-state index in [0.717, 1.165) is 13.1 Å². The van der Waals surface area contributed by atoms with Crippen molar-refractivity contribution in [2.24, 2.45) is 0 Å². The first-order valence-corrected chi connectivity index (χ1v) is 8.00. The van der Waals surface area contributed by atoms with E-state index in [4.69, 9.17) is 23.2 Å². The first-order chi connectivity index (χ1) is 9.05. The number of benzene rings is 1. The quantitative estimate of drug-likeness (QED) is 0.679. The van der Waals surface area contributed by atoms with E-state index in [1.165, 1.54) is 24.8 Å². The lowest BCUT2D eigenvalue weighted by atomic mass is 9.60. The second-order valence-corrected chi connectivity index (χ2v) is 6.35. The molecule has 0 heterocycles. The van der Waals surface area contributed by atoms with E-state index in [9.17, 15) is 0 Å². The van der Waals surface area contributed by atoms with Crippen LogP contribution in [0, 0.1) is 0 Å². The summed E-state index contributed by atoms with van der Waals surface area (Å²) in [6.45, 7) is 9.03. The Balaban J connectivity index is 0.00000200. The smallest absolute Gasteiger partial charge is 0.0595 e. The third kappa shape index (κ3) is 3.11. The van der Waals surface area contributed by atoms with Crippen LogP contribution < -0.4 is 0 Å². The first kappa shape index (κ1) is 18.1. The van der Waals surface area contributed by atoms with Crippen molar-refractivity contribution in [1.82, 2.24) is 4.90 Å². The average molecular weight is 337 g/mol. The largest absolute Gasteiger partial charge is 0.300 e. The summed E-state index contributed by atoms with van der Waals surface area (Å²) in [7, 11) is 0. The summed E-state index contributed by atoms with van der Waals surface area (Å²) in [5.41, 5.74) is 1.62. The average Bonchev–Trinajstić information content (AvgIpc) is 2.34. The van der Waals surface area contributed by atoms with Crippen molar-refractivity contribution in [2.75, 3.05) is 13.1 Å². The molecule has 1 aliphatic rings. The van der Waals surface area contributed by atoms with E-state index >= 15 is 0 Å². The Hall–Kier alpha value is 0.0500. The van der Waals surface area contributed by atoms with Crippen LogP contribution in [0.5, 0.6) is 0 Å². The van der Waals surface area contributed by atoms with Crippen molar-refractivity contribution in [3.63, 3.8) is 0 Å². The van der Waals surface area contributed by atoms with Gasteiger partial charge in [0.1, 0.15) is 0 Å². The molecule has 20 heavy (non-hydrogen) atoms. The van der Waals surface area contributed by atoms with Crippen LogP contribution in [0.15, 0.2) is 18.2 Å². The Morgan fingerprint density at radius 1 is 1.15 bits per heavy atom. The van der Waals surface area contributed by atoms with Crippen LogP contribution in [-0.2, 0) is 5.41 Å². The van der Waals surface area contributed by atoms with Gasteiger partial charge in [0.25, 0.3) is 0 Å². The van der Waals surface area contributed by atoms with Crippen LogP contribution in [0.1, 0.15) is 45.6 Å². The molecule has 0 aliphatic heterocycles. The van der Waals surface area contributed by atoms with Gasteiger partial charge in [-0.1, -0.05) is 49.5 Å². The molecule has 1 atom stereocenters. The lowest BCUT2D eigenvalue weighted by Crippen LogP contribution is -2.52. The molecular formula is C16H24Cl3N. The lowest BCUT2D eigenvalue weighted by molar-refractivity contribution is 0.0805. The van der Waals surface area contributed by atoms with Gasteiger partial charge in [0.15, 0.2) is 0 Å². The molecule has 1 aromatic rings. The van der Waals surface area contributed by atoms with Crippen molar-refractivity contribution in [3.8, 4) is 0 Å². The third-order valence-electron chi connectivity index (χ3n) is 4.90. The predicted molar refractivity (Wildman–Crippen MR) is 91.6 cm³/mol. The van der Waals surface area contributed by atoms with Crippen LogP contribution in [0.4, 0.5) is 0 Å². The van der Waals surface area contributed by atoms with Gasteiger partial charge in [-0.25, -0.2) is 0 Å². The molecule has 4 heteroatoms. The van der Waals surface area contributed by atoms with E-state index in [1.807, 2.05) is 6.07 Å². The highest BCUT2D eigenvalue weighted by atomic mass is 35.5. The van der Waals surface area contributed by atoms with Crippen LogP contribution in [0.2, 0.25) is 10.0 Å². The molecule has 0 aromatic heterocycles. The fourth-order valence-electron chi connectivity index (χ4n) is 3.43. The van der Waals surface area contributed by atoms with Gasteiger partial charge >= 0.3 is 0 Å². The molecule has 0 bridgehead atoms. The number of hydrogen-bond donors (Lipinski definition) is 0. The number of halogens is 3. The van der Waals surface area contributed by atoms with Crippen LogP contribution in [0.25, 0.3) is 0 Å². The van der Waals surface area contributed by atoms with Gasteiger partial charge in [-0.15, -0.1) is 12.4 Å². The zero-order chi connectivity index (χ0) is 14.0. The van der Waals surface area contributed by atoms with Gasteiger partial charge in [-0.05, 0) is 50.6 Å². The van der Waals surface area contributed by atoms with Crippen LogP contribution in [-0.4, -0.2) is 24.0 Å². The fourth-order valence-corrected chi connectivity index (χ4v) is 3.73. The molecule has 0 N–H and O–H groups in total. The Kier molecular flexibility index (Phi) is 6.66. The summed E-state index contributed by atoms with van der Waals surface area (Å²) in [5.74, 6) is 0. The molecule has 0 spiro atoms. The highest BCUT2D eigenvalue weighted by Gasteiger charge is 2.45. The Morgan fingerprint density at radius 3 is 2.15 bits per heavy atom. The van der Waals surface area contributed by atoms with Crippen molar-refractivity contribution in [3.05, 3.63) is 33.8 Å². The number of nitrogens with zero attached hydrogens (tertiary/aromatic N) is 1. The van der Waals surface area contributed by atoms with Gasteiger partial charge < -0.3 is 4.90 Å². The minimum Gasteiger partial charge on any atom is -0.300 e. The van der Waals surface area contributed by atoms with E-state index in [-0.39, 0.29) is 17.8 Å². The van der Waals surface area contributed by atoms with E-state index in [0.29, 0.717) is 16.1 Å². The normalized spacial score (nSPS) is 18.3. The second-order valence-electron chi connectivity index (χ2n) is 5.54. The number of rotatable bonds is 5. The lowest BCUT2D eigenvalue weighted by Gasteiger charge is -2.51. The molecular weight excluding hydrogens is 313 g/mol. The summed E-state index contributed by atoms with van der Waals surface area (Å²) in [5, 5.41) is 1.33. The second kappa shape index (κ2) is 7.35. The molecule has 114 valence electrons. The molecule has 1 fully saturated rings.